The summed E-state index contributed by atoms with van der Waals surface area (Å²) >= 11 is 0. The van der Waals surface area contributed by atoms with Gasteiger partial charge in [-0.3, -0.25) is 4.79 Å². The van der Waals surface area contributed by atoms with E-state index >= 15 is 0 Å². The number of ether oxygens (including phenoxy) is 2. The Labute approximate surface area is 359 Å². The van der Waals surface area contributed by atoms with Crippen LogP contribution in [0.1, 0.15) is 194 Å². The van der Waals surface area contributed by atoms with E-state index in [1.54, 1.807) is 6.08 Å². The van der Waals surface area contributed by atoms with Crippen molar-refractivity contribution < 1.29 is 44.9 Å². The second-order valence-corrected chi connectivity index (χ2v) is 16.9. The molecule has 8 atom stereocenters. The first-order chi connectivity index (χ1) is 28.7. The van der Waals surface area contributed by atoms with Gasteiger partial charge >= 0.3 is 0 Å². The van der Waals surface area contributed by atoms with E-state index in [-0.39, 0.29) is 6.61 Å². The third-order valence-corrected chi connectivity index (χ3v) is 11.3. The topological polar surface area (TPSA) is 169 Å². The van der Waals surface area contributed by atoms with Gasteiger partial charge in [0.2, 0.25) is 5.91 Å². The predicted octanol–water partition coefficient (Wildman–Crippen LogP) is 9.20. The summed E-state index contributed by atoms with van der Waals surface area (Å²) in [5.74, 6) is -0.635. The number of carbonyl (C=O) groups excluding carboxylic acids is 1. The average molecular weight is 836 g/mol. The summed E-state index contributed by atoms with van der Waals surface area (Å²) in [6.07, 6.45) is 35.9. The number of amides is 1. The summed E-state index contributed by atoms with van der Waals surface area (Å²) in [6, 6.07) is -1.01. The van der Waals surface area contributed by atoms with E-state index in [1.165, 1.54) is 128 Å². The van der Waals surface area contributed by atoms with Crippen molar-refractivity contribution in [2.45, 2.75) is 243 Å². The number of rotatable bonds is 38. The first-order valence-corrected chi connectivity index (χ1v) is 23.9. The minimum atomic E-state index is -1.62. The Morgan fingerprint density at radius 3 is 1.69 bits per heavy atom. The van der Waals surface area contributed by atoms with Crippen molar-refractivity contribution in [2.75, 3.05) is 13.2 Å². The van der Waals surface area contributed by atoms with Crippen LogP contribution in [0, 0.1) is 0 Å². The largest absolute Gasteiger partial charge is 0.394 e. The Morgan fingerprint density at radius 2 is 1.15 bits per heavy atom. The zero-order valence-electron chi connectivity index (χ0n) is 37.6. The number of aliphatic hydroxyl groups is 6. The summed E-state index contributed by atoms with van der Waals surface area (Å²) in [6.45, 7) is 5.61. The fourth-order valence-corrected chi connectivity index (χ4v) is 7.31. The molecule has 1 aliphatic rings. The van der Waals surface area contributed by atoms with Gasteiger partial charge in [-0.25, -0.2) is 0 Å². The first-order valence-electron chi connectivity index (χ1n) is 23.9. The molecule has 344 valence electrons. The molecule has 10 nitrogen and oxygen atoms in total. The van der Waals surface area contributed by atoms with Crippen molar-refractivity contribution in [1.29, 1.82) is 0 Å². The molecule has 0 saturated carbocycles. The molecule has 7 N–H and O–H groups in total. The maximum atomic E-state index is 13.1. The minimum absolute atomic E-state index is 0.296. The van der Waals surface area contributed by atoms with Crippen molar-refractivity contribution in [3.8, 4) is 0 Å². The summed E-state index contributed by atoms with van der Waals surface area (Å²) in [5.41, 5.74) is 1.18. The first kappa shape index (κ1) is 55.1. The van der Waals surface area contributed by atoms with Gasteiger partial charge in [-0.15, -0.1) is 0 Å². The molecule has 1 aliphatic heterocycles. The number of unbranched alkanes of at least 4 members (excludes halogenated alkanes) is 22. The maximum absolute atomic E-state index is 13.1. The highest BCUT2D eigenvalue weighted by atomic mass is 16.7. The van der Waals surface area contributed by atoms with Crippen molar-refractivity contribution in [1.82, 2.24) is 5.32 Å². The number of hydrogen-bond donors (Lipinski definition) is 7. The number of allylic oxidation sites excluding steroid dienone is 7. The second kappa shape index (κ2) is 37.8. The molecule has 1 saturated heterocycles. The quantitative estimate of drug-likeness (QED) is 0.0182. The minimum Gasteiger partial charge on any atom is -0.394 e. The van der Waals surface area contributed by atoms with Crippen molar-refractivity contribution in [2.24, 2.45) is 0 Å². The number of nitrogens with one attached hydrogen (secondary N) is 1. The molecule has 0 unspecified atom stereocenters. The van der Waals surface area contributed by atoms with E-state index in [1.807, 2.05) is 6.08 Å². The highest BCUT2D eigenvalue weighted by molar-refractivity contribution is 5.80. The highest BCUT2D eigenvalue weighted by Gasteiger charge is 2.44. The van der Waals surface area contributed by atoms with Crippen LogP contribution in [0.5, 0.6) is 0 Å². The van der Waals surface area contributed by atoms with Crippen LogP contribution in [0.3, 0.4) is 0 Å². The van der Waals surface area contributed by atoms with E-state index < -0.39 is 61.5 Å². The van der Waals surface area contributed by atoms with E-state index in [0.717, 1.165) is 32.1 Å². The molecule has 0 aliphatic carbocycles. The lowest BCUT2D eigenvalue weighted by Crippen LogP contribution is -2.60. The standard InChI is InChI=1S/C49H89NO9/c1-4-6-8-10-12-13-14-15-16-17-18-19-20-21-22-23-24-26-28-32-37-43(53)48(57)50-41(39-58-49-47(56)46(55)45(54)44(38-51)59-49)42(52)36-33-29-31-35-40(3)34-30-27-25-11-9-7-5-2/h15-16,30,33-36,41-47,49,51-56H,4-14,17-29,31-32,37-39H2,1-3H3,(H,50,57)/b16-15?,34-30+,36-33+,40-35+/t41-,42+,43+,44+,45+,46-,47+,49+/m0/s1. The van der Waals surface area contributed by atoms with Gasteiger partial charge in [0.05, 0.1) is 25.4 Å². The van der Waals surface area contributed by atoms with Crippen molar-refractivity contribution >= 4 is 5.91 Å². The lowest BCUT2D eigenvalue weighted by atomic mass is 9.99. The third kappa shape index (κ3) is 28.4. The molecule has 10 heteroatoms. The van der Waals surface area contributed by atoms with Gasteiger partial charge in [0.1, 0.15) is 30.5 Å². The molecule has 1 heterocycles. The van der Waals surface area contributed by atoms with Crippen LogP contribution in [0.15, 0.2) is 48.1 Å². The van der Waals surface area contributed by atoms with Gasteiger partial charge in [-0.1, -0.05) is 178 Å². The van der Waals surface area contributed by atoms with Gasteiger partial charge in [0.25, 0.3) is 0 Å². The number of hydrogen-bond acceptors (Lipinski definition) is 9. The molecule has 0 radical (unpaired) electrons. The third-order valence-electron chi connectivity index (χ3n) is 11.3. The molecule has 1 amide bonds. The van der Waals surface area contributed by atoms with Crippen LogP contribution >= 0.6 is 0 Å². The lowest BCUT2D eigenvalue weighted by molar-refractivity contribution is -0.302. The molecule has 0 aromatic rings. The molecule has 59 heavy (non-hydrogen) atoms. The molecule has 0 aromatic heterocycles. The fraction of sp³-hybridized carbons (Fsp3) is 0.816. The van der Waals surface area contributed by atoms with Gasteiger partial charge < -0.3 is 45.4 Å². The van der Waals surface area contributed by atoms with Crippen molar-refractivity contribution in [3.63, 3.8) is 0 Å². The van der Waals surface area contributed by atoms with Crippen LogP contribution in [0.2, 0.25) is 0 Å². The Hall–Kier alpha value is -1.89. The molecular formula is C49H89NO9. The Bertz CT molecular complexity index is 1110. The van der Waals surface area contributed by atoms with E-state index in [9.17, 15) is 35.4 Å². The number of carbonyl (C=O) groups is 1. The zero-order chi connectivity index (χ0) is 43.4. The Morgan fingerprint density at radius 1 is 0.644 bits per heavy atom. The SMILES string of the molecule is CCCCCCC/C=C/C(C)=C/CC/C=C/[C@@H](O)[C@H](CO[C@@H]1O[C@H](CO)[C@@H](O)[C@H](O)[C@H]1O)NC(=O)[C@H](O)CCCCCCCCCCCCC=CCCCCCCCC. The predicted molar refractivity (Wildman–Crippen MR) is 241 cm³/mol. The second-order valence-electron chi connectivity index (χ2n) is 16.9. The van der Waals surface area contributed by atoms with E-state index in [2.05, 4.69) is 56.5 Å². The van der Waals surface area contributed by atoms with Gasteiger partial charge in [0, 0.05) is 0 Å². The van der Waals surface area contributed by atoms with Crippen LogP contribution < -0.4 is 5.32 Å². The van der Waals surface area contributed by atoms with E-state index in [4.69, 9.17) is 9.47 Å². The summed E-state index contributed by atoms with van der Waals surface area (Å²) in [4.78, 5) is 13.1. The van der Waals surface area contributed by atoms with Crippen LogP contribution in [-0.4, -0.2) is 98.7 Å². The monoisotopic (exact) mass is 836 g/mol. The van der Waals surface area contributed by atoms with Crippen molar-refractivity contribution in [3.05, 3.63) is 48.1 Å². The molecule has 0 spiro atoms. The maximum Gasteiger partial charge on any atom is 0.249 e. The lowest BCUT2D eigenvalue weighted by Gasteiger charge is -2.40. The van der Waals surface area contributed by atoms with Gasteiger partial charge in [0.15, 0.2) is 6.29 Å². The molecule has 0 bridgehead atoms. The van der Waals surface area contributed by atoms with Gasteiger partial charge in [-0.05, 0) is 64.7 Å². The average Bonchev–Trinajstić information content (AvgIpc) is 3.23. The van der Waals surface area contributed by atoms with Gasteiger partial charge in [-0.2, -0.15) is 0 Å². The Balaban J connectivity index is 2.44. The Kier molecular flexibility index (Phi) is 35.4. The summed E-state index contributed by atoms with van der Waals surface area (Å²) in [5, 5.41) is 64.7. The number of aliphatic hydroxyl groups excluding tert-OH is 6. The fourth-order valence-electron chi connectivity index (χ4n) is 7.31. The smallest absolute Gasteiger partial charge is 0.249 e. The normalized spacial score (nSPS) is 21.8. The van der Waals surface area contributed by atoms with Crippen LogP contribution in [0.4, 0.5) is 0 Å². The zero-order valence-corrected chi connectivity index (χ0v) is 37.6. The molecular weight excluding hydrogens is 747 g/mol. The molecule has 1 rings (SSSR count). The summed E-state index contributed by atoms with van der Waals surface area (Å²) < 4.78 is 11.1. The van der Waals surface area contributed by atoms with Crippen LogP contribution in [-0.2, 0) is 14.3 Å². The van der Waals surface area contributed by atoms with Crippen LogP contribution in [0.25, 0.3) is 0 Å². The van der Waals surface area contributed by atoms with E-state index in [0.29, 0.717) is 19.3 Å². The molecule has 0 aromatic carbocycles. The summed E-state index contributed by atoms with van der Waals surface area (Å²) in [7, 11) is 0. The highest BCUT2D eigenvalue weighted by Crippen LogP contribution is 2.23. The molecule has 1 fully saturated rings.